The Morgan fingerprint density at radius 1 is 1.32 bits per heavy atom. The highest BCUT2D eigenvalue weighted by atomic mass is 16.6. The summed E-state index contributed by atoms with van der Waals surface area (Å²) in [4.78, 5) is 27.0. The third-order valence-corrected chi connectivity index (χ3v) is 5.05. The zero-order valence-corrected chi connectivity index (χ0v) is 16.3. The Bertz CT molecular complexity index is 862. The maximum Gasteiger partial charge on any atom is 0.417 e. The average Bonchev–Trinajstić information content (AvgIpc) is 3.07. The lowest BCUT2D eigenvalue weighted by atomic mass is 9.92. The summed E-state index contributed by atoms with van der Waals surface area (Å²) in [5, 5.41) is 0. The molecule has 0 saturated carbocycles. The van der Waals surface area contributed by atoms with Gasteiger partial charge >= 0.3 is 6.09 Å². The summed E-state index contributed by atoms with van der Waals surface area (Å²) >= 11 is 0. The number of imide groups is 1. The van der Waals surface area contributed by atoms with Gasteiger partial charge in [-0.1, -0.05) is 48.5 Å². The molecule has 2 amide bonds. The van der Waals surface area contributed by atoms with E-state index in [1.54, 1.807) is 13.2 Å². The lowest BCUT2D eigenvalue weighted by Crippen LogP contribution is -2.42. The zero-order chi connectivity index (χ0) is 20.1. The first-order chi connectivity index (χ1) is 13.5. The molecule has 1 saturated heterocycles. The van der Waals surface area contributed by atoms with E-state index in [2.05, 4.69) is 6.58 Å². The maximum absolute atomic E-state index is 13.4. The second kappa shape index (κ2) is 8.74. The van der Waals surface area contributed by atoms with Crippen molar-refractivity contribution in [2.75, 3.05) is 13.7 Å². The summed E-state index contributed by atoms with van der Waals surface area (Å²) in [6, 6.07) is 15.1. The topological polar surface area (TPSA) is 55.8 Å². The summed E-state index contributed by atoms with van der Waals surface area (Å²) < 4.78 is 10.6. The van der Waals surface area contributed by atoms with Crippen LogP contribution in [0.25, 0.3) is 0 Å². The molecule has 2 aromatic carbocycles. The summed E-state index contributed by atoms with van der Waals surface area (Å²) in [6.45, 7) is 5.93. The van der Waals surface area contributed by atoms with Crippen molar-refractivity contribution in [3.8, 4) is 5.75 Å². The molecule has 0 bridgehead atoms. The number of hydrogen-bond donors (Lipinski definition) is 0. The Morgan fingerprint density at radius 2 is 2.07 bits per heavy atom. The largest absolute Gasteiger partial charge is 0.496 e. The minimum absolute atomic E-state index is 0.206. The van der Waals surface area contributed by atoms with Crippen LogP contribution in [0.4, 0.5) is 4.79 Å². The van der Waals surface area contributed by atoms with E-state index in [4.69, 9.17) is 9.47 Å². The van der Waals surface area contributed by atoms with Gasteiger partial charge in [0.15, 0.2) is 0 Å². The molecule has 1 aliphatic rings. The van der Waals surface area contributed by atoms with E-state index < -0.39 is 12.0 Å². The highest BCUT2D eigenvalue weighted by Gasteiger charge is 2.41. The van der Waals surface area contributed by atoms with Crippen molar-refractivity contribution in [2.45, 2.75) is 31.7 Å². The molecule has 0 N–H and O–H groups in total. The molecular formula is C23H25NO4. The number of aryl methyl sites for hydroxylation is 1. The smallest absolute Gasteiger partial charge is 0.417 e. The van der Waals surface area contributed by atoms with Crippen LogP contribution in [-0.4, -0.2) is 36.7 Å². The SMILES string of the molecule is C=CCC(C(=O)N1C(=O)OCC1Cc1ccccc1)c1ccc(C)c(OC)c1. The summed E-state index contributed by atoms with van der Waals surface area (Å²) in [6.07, 6.45) is 2.10. The molecule has 1 fully saturated rings. The maximum atomic E-state index is 13.4. The Balaban J connectivity index is 1.88. The van der Waals surface area contributed by atoms with Crippen LogP contribution >= 0.6 is 0 Å². The Hall–Kier alpha value is -3.08. The molecule has 5 nitrogen and oxygen atoms in total. The lowest BCUT2D eigenvalue weighted by Gasteiger charge is -2.25. The highest BCUT2D eigenvalue weighted by Crippen LogP contribution is 2.31. The first-order valence-electron chi connectivity index (χ1n) is 9.34. The lowest BCUT2D eigenvalue weighted by molar-refractivity contribution is -0.130. The number of hydrogen-bond acceptors (Lipinski definition) is 4. The van der Waals surface area contributed by atoms with Gasteiger partial charge in [0.25, 0.3) is 0 Å². The number of allylic oxidation sites excluding steroid dienone is 1. The standard InChI is InChI=1S/C23H25NO4/c1-4-8-20(18-12-11-16(2)21(14-18)27-3)22(25)24-19(15-28-23(24)26)13-17-9-6-5-7-10-17/h4-7,9-12,14,19-20H,1,8,13,15H2,2-3H3. The second-order valence-corrected chi connectivity index (χ2v) is 6.93. The van der Waals surface area contributed by atoms with Gasteiger partial charge in [-0.05, 0) is 42.5 Å². The predicted molar refractivity (Wildman–Crippen MR) is 107 cm³/mol. The number of nitrogens with zero attached hydrogens (tertiary/aromatic N) is 1. The second-order valence-electron chi connectivity index (χ2n) is 6.93. The minimum Gasteiger partial charge on any atom is -0.496 e. The van der Waals surface area contributed by atoms with Gasteiger partial charge in [0.05, 0.1) is 19.1 Å². The monoisotopic (exact) mass is 379 g/mol. The summed E-state index contributed by atoms with van der Waals surface area (Å²) in [7, 11) is 1.60. The molecular weight excluding hydrogens is 354 g/mol. The van der Waals surface area contributed by atoms with Crippen LogP contribution in [0.5, 0.6) is 5.75 Å². The predicted octanol–water partition coefficient (Wildman–Crippen LogP) is 4.25. The number of benzene rings is 2. The van der Waals surface area contributed by atoms with E-state index in [-0.39, 0.29) is 18.6 Å². The number of cyclic esters (lactones) is 1. The van der Waals surface area contributed by atoms with E-state index in [0.717, 1.165) is 16.7 Å². The van der Waals surface area contributed by atoms with E-state index in [1.807, 2.05) is 55.5 Å². The Kier molecular flexibility index (Phi) is 6.14. The molecule has 146 valence electrons. The van der Waals surface area contributed by atoms with E-state index >= 15 is 0 Å². The molecule has 1 aliphatic heterocycles. The molecule has 0 aromatic heterocycles. The van der Waals surface area contributed by atoms with Crippen LogP contribution in [0.15, 0.2) is 61.2 Å². The molecule has 28 heavy (non-hydrogen) atoms. The van der Waals surface area contributed by atoms with E-state index in [9.17, 15) is 9.59 Å². The van der Waals surface area contributed by atoms with Gasteiger partial charge < -0.3 is 9.47 Å². The minimum atomic E-state index is -0.584. The fraction of sp³-hybridized carbons (Fsp3) is 0.304. The Morgan fingerprint density at radius 3 is 2.75 bits per heavy atom. The van der Waals surface area contributed by atoms with Crippen molar-refractivity contribution < 1.29 is 19.1 Å². The van der Waals surface area contributed by atoms with E-state index in [0.29, 0.717) is 18.6 Å². The number of carbonyl (C=O) groups excluding carboxylic acids is 2. The first kappa shape index (κ1) is 19.7. The van der Waals surface area contributed by atoms with Crippen molar-refractivity contribution in [3.63, 3.8) is 0 Å². The Labute approximate surface area is 165 Å². The molecule has 2 unspecified atom stereocenters. The summed E-state index contributed by atoms with van der Waals surface area (Å²) in [5.74, 6) is -0.0747. The van der Waals surface area contributed by atoms with E-state index in [1.165, 1.54) is 4.90 Å². The third kappa shape index (κ3) is 4.09. The van der Waals surface area contributed by atoms with Gasteiger partial charge in [-0.2, -0.15) is 0 Å². The van der Waals surface area contributed by atoms with Crippen LogP contribution in [-0.2, 0) is 16.0 Å². The van der Waals surface area contributed by atoms with Gasteiger partial charge in [0.2, 0.25) is 5.91 Å². The fourth-order valence-corrected chi connectivity index (χ4v) is 3.53. The number of methoxy groups -OCH3 is 1. The number of carbonyl (C=O) groups is 2. The molecule has 2 aromatic rings. The molecule has 0 spiro atoms. The average molecular weight is 379 g/mol. The summed E-state index contributed by atoms with van der Waals surface area (Å²) in [5.41, 5.74) is 2.84. The zero-order valence-electron chi connectivity index (χ0n) is 16.3. The van der Waals surface area contributed by atoms with Crippen LogP contribution in [0.3, 0.4) is 0 Å². The van der Waals surface area contributed by atoms with Crippen LogP contribution in [0.1, 0.15) is 29.0 Å². The molecule has 0 aliphatic carbocycles. The normalized spacial score (nSPS) is 17.1. The number of amides is 2. The van der Waals surface area contributed by atoms with Crippen molar-refractivity contribution >= 4 is 12.0 Å². The molecule has 0 radical (unpaired) electrons. The van der Waals surface area contributed by atoms with Gasteiger partial charge in [-0.25, -0.2) is 9.69 Å². The molecule has 5 heteroatoms. The van der Waals surface area contributed by atoms with Crippen molar-refractivity contribution in [3.05, 3.63) is 77.9 Å². The molecule has 1 heterocycles. The fourth-order valence-electron chi connectivity index (χ4n) is 3.53. The molecule has 3 rings (SSSR count). The number of ether oxygens (including phenoxy) is 2. The van der Waals surface area contributed by atoms with Crippen LogP contribution < -0.4 is 4.74 Å². The van der Waals surface area contributed by atoms with Crippen molar-refractivity contribution in [2.24, 2.45) is 0 Å². The van der Waals surface area contributed by atoms with Crippen LogP contribution in [0.2, 0.25) is 0 Å². The van der Waals surface area contributed by atoms with Crippen molar-refractivity contribution in [1.29, 1.82) is 0 Å². The van der Waals surface area contributed by atoms with Gasteiger partial charge in [0, 0.05) is 0 Å². The highest BCUT2D eigenvalue weighted by molar-refractivity contribution is 5.97. The third-order valence-electron chi connectivity index (χ3n) is 5.05. The molecule has 2 atom stereocenters. The number of rotatable bonds is 7. The van der Waals surface area contributed by atoms with Gasteiger partial charge in [0.1, 0.15) is 12.4 Å². The quantitative estimate of drug-likeness (QED) is 0.675. The van der Waals surface area contributed by atoms with Gasteiger partial charge in [-0.15, -0.1) is 6.58 Å². The first-order valence-corrected chi connectivity index (χ1v) is 9.34. The van der Waals surface area contributed by atoms with Gasteiger partial charge in [-0.3, -0.25) is 4.79 Å². The van der Waals surface area contributed by atoms with Crippen LogP contribution in [0, 0.1) is 6.92 Å². The van der Waals surface area contributed by atoms with Crippen molar-refractivity contribution in [1.82, 2.24) is 4.90 Å².